The van der Waals surface area contributed by atoms with E-state index in [1.807, 2.05) is 24.3 Å². The Kier molecular flexibility index (Phi) is 4.81. The van der Waals surface area contributed by atoms with Gasteiger partial charge in [0.2, 0.25) is 10.0 Å². The van der Waals surface area contributed by atoms with Crippen LogP contribution in [-0.2, 0) is 16.6 Å². The predicted octanol–water partition coefficient (Wildman–Crippen LogP) is 1.14. The van der Waals surface area contributed by atoms with Crippen LogP contribution in [0.4, 0.5) is 0 Å². The molecule has 0 atom stereocenters. The van der Waals surface area contributed by atoms with Gasteiger partial charge in [-0.25, -0.2) is 8.42 Å². The fraction of sp³-hybridized carbons (Fsp3) is 0.467. The Bertz CT molecular complexity index is 579. The van der Waals surface area contributed by atoms with E-state index in [2.05, 4.69) is 10.8 Å². The Labute approximate surface area is 121 Å². The zero-order valence-corrected chi connectivity index (χ0v) is 12.6. The van der Waals surface area contributed by atoms with Crippen molar-refractivity contribution in [3.63, 3.8) is 0 Å². The standard InChI is InChI=1S/C15H20N2O2S/c1-3-14-5-7-15(8-6-14)13-16-9-11-17(12-10-16)20(18,19)4-2/h1,5-8H,4,9-13H2,2H3. The van der Waals surface area contributed by atoms with Crippen LogP contribution in [0.1, 0.15) is 18.1 Å². The molecule has 5 heteroatoms. The summed E-state index contributed by atoms with van der Waals surface area (Å²) < 4.78 is 25.1. The van der Waals surface area contributed by atoms with Crippen molar-refractivity contribution in [2.45, 2.75) is 13.5 Å². The second kappa shape index (κ2) is 6.40. The van der Waals surface area contributed by atoms with E-state index in [0.717, 1.165) is 25.2 Å². The number of hydrogen-bond donors (Lipinski definition) is 0. The van der Waals surface area contributed by atoms with Crippen LogP contribution in [-0.4, -0.2) is 49.6 Å². The van der Waals surface area contributed by atoms with Crippen LogP contribution in [0.2, 0.25) is 0 Å². The van der Waals surface area contributed by atoms with Gasteiger partial charge in [0, 0.05) is 38.3 Å². The van der Waals surface area contributed by atoms with Crippen LogP contribution in [0.5, 0.6) is 0 Å². The molecule has 4 nitrogen and oxygen atoms in total. The predicted molar refractivity (Wildman–Crippen MR) is 80.7 cm³/mol. The number of piperazine rings is 1. The molecule has 1 heterocycles. The van der Waals surface area contributed by atoms with Crippen molar-refractivity contribution in [2.24, 2.45) is 0 Å². The molecule has 0 aliphatic carbocycles. The summed E-state index contributed by atoms with van der Waals surface area (Å²) in [5.74, 6) is 2.78. The third-order valence-electron chi connectivity index (χ3n) is 3.62. The second-order valence-electron chi connectivity index (χ2n) is 4.92. The lowest BCUT2D eigenvalue weighted by molar-refractivity contribution is 0.181. The van der Waals surface area contributed by atoms with E-state index in [-0.39, 0.29) is 5.75 Å². The van der Waals surface area contributed by atoms with Gasteiger partial charge in [-0.3, -0.25) is 4.90 Å². The van der Waals surface area contributed by atoms with Crippen LogP contribution in [0.25, 0.3) is 0 Å². The molecule has 20 heavy (non-hydrogen) atoms. The zero-order valence-electron chi connectivity index (χ0n) is 11.7. The average molecular weight is 292 g/mol. The number of terminal acetylenes is 1. The van der Waals surface area contributed by atoms with E-state index in [1.54, 1.807) is 11.2 Å². The molecule has 1 aromatic carbocycles. The molecule has 0 bridgehead atoms. The zero-order chi connectivity index (χ0) is 14.6. The molecule has 1 aliphatic rings. The first-order valence-electron chi connectivity index (χ1n) is 6.81. The molecule has 0 spiro atoms. The minimum Gasteiger partial charge on any atom is -0.296 e. The van der Waals surface area contributed by atoms with Gasteiger partial charge < -0.3 is 0 Å². The van der Waals surface area contributed by atoms with E-state index in [4.69, 9.17) is 6.42 Å². The van der Waals surface area contributed by atoms with E-state index in [9.17, 15) is 8.42 Å². The second-order valence-corrected chi connectivity index (χ2v) is 7.17. The van der Waals surface area contributed by atoms with Crippen molar-refractivity contribution in [1.29, 1.82) is 0 Å². The van der Waals surface area contributed by atoms with Gasteiger partial charge in [0.1, 0.15) is 0 Å². The summed E-state index contributed by atoms with van der Waals surface area (Å²) in [6.07, 6.45) is 5.33. The van der Waals surface area contributed by atoms with Crippen molar-refractivity contribution in [3.05, 3.63) is 35.4 Å². The quantitative estimate of drug-likeness (QED) is 0.781. The largest absolute Gasteiger partial charge is 0.296 e. The first-order valence-corrected chi connectivity index (χ1v) is 8.42. The Hall–Kier alpha value is -1.35. The lowest BCUT2D eigenvalue weighted by Crippen LogP contribution is -2.48. The highest BCUT2D eigenvalue weighted by atomic mass is 32.2. The molecule has 0 aromatic heterocycles. The van der Waals surface area contributed by atoms with Crippen molar-refractivity contribution in [1.82, 2.24) is 9.21 Å². The van der Waals surface area contributed by atoms with Crippen molar-refractivity contribution >= 4 is 10.0 Å². The molecular formula is C15H20N2O2S. The third kappa shape index (κ3) is 3.60. The van der Waals surface area contributed by atoms with E-state index in [1.165, 1.54) is 5.56 Å². The molecule has 1 aliphatic heterocycles. The molecule has 108 valence electrons. The molecule has 0 N–H and O–H groups in total. The topological polar surface area (TPSA) is 40.6 Å². The van der Waals surface area contributed by atoms with Gasteiger partial charge in [0.15, 0.2) is 0 Å². The minimum absolute atomic E-state index is 0.181. The van der Waals surface area contributed by atoms with Crippen molar-refractivity contribution in [3.8, 4) is 12.3 Å². The monoisotopic (exact) mass is 292 g/mol. The number of hydrogen-bond acceptors (Lipinski definition) is 3. The maximum atomic E-state index is 11.8. The van der Waals surface area contributed by atoms with E-state index < -0.39 is 10.0 Å². The first kappa shape index (κ1) is 15.0. The smallest absolute Gasteiger partial charge is 0.213 e. The molecule has 1 saturated heterocycles. The molecule has 0 unspecified atom stereocenters. The fourth-order valence-corrected chi connectivity index (χ4v) is 3.40. The highest BCUT2D eigenvalue weighted by molar-refractivity contribution is 7.89. The van der Waals surface area contributed by atoms with Gasteiger partial charge in [-0.05, 0) is 24.6 Å². The summed E-state index contributed by atoms with van der Waals surface area (Å²) in [6.45, 7) is 5.24. The van der Waals surface area contributed by atoms with E-state index in [0.29, 0.717) is 13.1 Å². The maximum absolute atomic E-state index is 11.8. The van der Waals surface area contributed by atoms with E-state index >= 15 is 0 Å². The van der Waals surface area contributed by atoms with Gasteiger partial charge in [-0.2, -0.15) is 4.31 Å². The molecule has 2 rings (SSSR count). The van der Waals surface area contributed by atoms with Gasteiger partial charge in [0.25, 0.3) is 0 Å². The fourth-order valence-electron chi connectivity index (χ4n) is 2.31. The van der Waals surface area contributed by atoms with Crippen LogP contribution in [0, 0.1) is 12.3 Å². The number of rotatable bonds is 4. The van der Waals surface area contributed by atoms with Crippen LogP contribution < -0.4 is 0 Å². The van der Waals surface area contributed by atoms with Crippen molar-refractivity contribution < 1.29 is 8.42 Å². The number of nitrogens with zero attached hydrogens (tertiary/aromatic N) is 2. The summed E-state index contributed by atoms with van der Waals surface area (Å²) in [6, 6.07) is 7.94. The molecule has 1 aromatic rings. The summed E-state index contributed by atoms with van der Waals surface area (Å²) in [5.41, 5.74) is 2.09. The normalized spacial score (nSPS) is 17.8. The van der Waals surface area contributed by atoms with Crippen LogP contribution >= 0.6 is 0 Å². The van der Waals surface area contributed by atoms with Crippen LogP contribution in [0.15, 0.2) is 24.3 Å². The Balaban J connectivity index is 1.90. The maximum Gasteiger partial charge on any atom is 0.213 e. The first-order chi connectivity index (χ1) is 9.55. The highest BCUT2D eigenvalue weighted by Gasteiger charge is 2.25. The Morgan fingerprint density at radius 2 is 1.75 bits per heavy atom. The summed E-state index contributed by atoms with van der Waals surface area (Å²) >= 11 is 0. The lowest BCUT2D eigenvalue weighted by atomic mass is 10.1. The van der Waals surface area contributed by atoms with Gasteiger partial charge in [-0.1, -0.05) is 18.1 Å². The van der Waals surface area contributed by atoms with Crippen LogP contribution in [0.3, 0.4) is 0 Å². The SMILES string of the molecule is C#Cc1ccc(CN2CCN(S(=O)(=O)CC)CC2)cc1. The summed E-state index contributed by atoms with van der Waals surface area (Å²) in [5, 5.41) is 0. The number of benzene rings is 1. The third-order valence-corrected chi connectivity index (χ3v) is 5.50. The van der Waals surface area contributed by atoms with Gasteiger partial charge >= 0.3 is 0 Å². The molecular weight excluding hydrogens is 272 g/mol. The molecule has 1 fully saturated rings. The number of sulfonamides is 1. The highest BCUT2D eigenvalue weighted by Crippen LogP contribution is 2.12. The lowest BCUT2D eigenvalue weighted by Gasteiger charge is -2.33. The summed E-state index contributed by atoms with van der Waals surface area (Å²) in [4.78, 5) is 2.27. The molecule has 0 saturated carbocycles. The van der Waals surface area contributed by atoms with Gasteiger partial charge in [-0.15, -0.1) is 6.42 Å². The molecule has 0 amide bonds. The minimum atomic E-state index is -3.04. The Morgan fingerprint density at radius 3 is 2.25 bits per heavy atom. The molecule has 0 radical (unpaired) electrons. The Morgan fingerprint density at radius 1 is 1.15 bits per heavy atom. The van der Waals surface area contributed by atoms with Crippen molar-refractivity contribution in [2.75, 3.05) is 31.9 Å². The average Bonchev–Trinajstić information content (AvgIpc) is 2.48. The van der Waals surface area contributed by atoms with Gasteiger partial charge in [0.05, 0.1) is 5.75 Å². The summed E-state index contributed by atoms with van der Waals surface area (Å²) in [7, 11) is -3.04.